The summed E-state index contributed by atoms with van der Waals surface area (Å²) in [5.74, 6) is 0. The van der Waals surface area contributed by atoms with Gasteiger partial charge in [0.1, 0.15) is 6.08 Å². The summed E-state index contributed by atoms with van der Waals surface area (Å²) in [5, 5.41) is 8.26. The SMILES string of the molecule is ONC1=CC=CC=[C+]1. The maximum absolute atomic E-state index is 8.26. The molecular formula is C6H6NO+. The minimum absolute atomic E-state index is 0.590. The van der Waals surface area contributed by atoms with Crippen LogP contribution in [-0.2, 0) is 0 Å². The molecule has 8 heavy (non-hydrogen) atoms. The highest BCUT2D eigenvalue weighted by molar-refractivity contribution is 5.25. The van der Waals surface area contributed by atoms with Gasteiger partial charge in [-0.05, 0) is 0 Å². The fourth-order valence-electron chi connectivity index (χ4n) is 0.463. The smallest absolute Gasteiger partial charge is 0.226 e. The molecule has 0 aromatic carbocycles. The van der Waals surface area contributed by atoms with Gasteiger partial charge in [-0.2, -0.15) is 0 Å². The Morgan fingerprint density at radius 1 is 1.50 bits per heavy atom. The van der Waals surface area contributed by atoms with Gasteiger partial charge in [-0.15, -0.1) is 0 Å². The summed E-state index contributed by atoms with van der Waals surface area (Å²) in [6, 6.07) is 0. The molecule has 0 radical (unpaired) electrons. The van der Waals surface area contributed by atoms with Gasteiger partial charge in [-0.3, -0.25) is 5.21 Å². The van der Waals surface area contributed by atoms with Gasteiger partial charge in [0.05, 0.1) is 18.2 Å². The molecule has 0 aromatic heterocycles. The highest BCUT2D eigenvalue weighted by atomic mass is 16.5. The molecule has 2 N–H and O–H groups in total. The Labute approximate surface area is 47.8 Å². The molecule has 40 valence electrons. The number of nitrogens with one attached hydrogen (secondary N) is 1. The monoisotopic (exact) mass is 108 g/mol. The Morgan fingerprint density at radius 3 is 2.75 bits per heavy atom. The summed E-state index contributed by atoms with van der Waals surface area (Å²) in [4.78, 5) is 0. The van der Waals surface area contributed by atoms with E-state index in [0.717, 1.165) is 0 Å². The highest BCUT2D eigenvalue weighted by Crippen LogP contribution is 1.95. The third-order valence-corrected chi connectivity index (χ3v) is 0.830. The van der Waals surface area contributed by atoms with E-state index in [4.69, 9.17) is 5.21 Å². The first-order valence-electron chi connectivity index (χ1n) is 2.30. The second kappa shape index (κ2) is 2.26. The van der Waals surface area contributed by atoms with Crippen LogP contribution in [-0.4, -0.2) is 5.21 Å². The van der Waals surface area contributed by atoms with Crippen molar-refractivity contribution in [3.8, 4) is 0 Å². The van der Waals surface area contributed by atoms with E-state index < -0.39 is 0 Å². The van der Waals surface area contributed by atoms with E-state index in [-0.39, 0.29) is 0 Å². The van der Waals surface area contributed by atoms with Gasteiger partial charge in [0, 0.05) is 6.08 Å². The van der Waals surface area contributed by atoms with Crippen LogP contribution >= 0.6 is 0 Å². The van der Waals surface area contributed by atoms with Crippen LogP contribution in [0.4, 0.5) is 0 Å². The molecule has 0 aromatic rings. The molecule has 2 nitrogen and oxygen atoms in total. The average molecular weight is 108 g/mol. The van der Waals surface area contributed by atoms with Crippen LogP contribution in [0, 0.1) is 6.08 Å². The Kier molecular flexibility index (Phi) is 1.42. The number of hydrogen-bond donors (Lipinski definition) is 2. The van der Waals surface area contributed by atoms with Gasteiger partial charge in [-0.1, -0.05) is 0 Å². The van der Waals surface area contributed by atoms with Crippen LogP contribution in [0.2, 0.25) is 0 Å². The fraction of sp³-hybridized carbons (Fsp3) is 0. The molecule has 2 heteroatoms. The second-order valence-electron chi connectivity index (χ2n) is 1.39. The van der Waals surface area contributed by atoms with Crippen molar-refractivity contribution in [2.75, 3.05) is 0 Å². The third-order valence-electron chi connectivity index (χ3n) is 0.830. The zero-order valence-corrected chi connectivity index (χ0v) is 4.26. The minimum Gasteiger partial charge on any atom is -0.289 e. The topological polar surface area (TPSA) is 32.3 Å². The predicted octanol–water partition coefficient (Wildman–Crippen LogP) is 0.778. The number of hydrogen-bond acceptors (Lipinski definition) is 2. The number of rotatable bonds is 1. The molecular weight excluding hydrogens is 102 g/mol. The van der Waals surface area contributed by atoms with Crippen LogP contribution < -0.4 is 5.48 Å². The standard InChI is InChI=1S/C6H6NO/c8-7-6-4-2-1-3-5-6/h1-4,7-8H/q+1. The minimum atomic E-state index is 0.590. The van der Waals surface area contributed by atoms with Crippen LogP contribution in [0.15, 0.2) is 30.0 Å². The van der Waals surface area contributed by atoms with Crippen molar-refractivity contribution in [1.82, 2.24) is 5.48 Å². The Bertz CT molecular complexity index is 156. The van der Waals surface area contributed by atoms with Crippen LogP contribution in [0.3, 0.4) is 0 Å². The van der Waals surface area contributed by atoms with Crippen molar-refractivity contribution in [2.24, 2.45) is 0 Å². The summed E-state index contributed by atoms with van der Waals surface area (Å²) < 4.78 is 0. The largest absolute Gasteiger partial charge is 0.289 e. The van der Waals surface area contributed by atoms with Crippen LogP contribution in [0.5, 0.6) is 0 Å². The van der Waals surface area contributed by atoms with Crippen molar-refractivity contribution in [1.29, 1.82) is 0 Å². The van der Waals surface area contributed by atoms with Crippen molar-refractivity contribution < 1.29 is 5.21 Å². The number of hydroxylamine groups is 1. The quantitative estimate of drug-likeness (QED) is 0.384. The summed E-state index contributed by atoms with van der Waals surface area (Å²) in [6.45, 7) is 0. The summed E-state index contributed by atoms with van der Waals surface area (Å²) in [7, 11) is 0. The van der Waals surface area contributed by atoms with E-state index in [2.05, 4.69) is 6.08 Å². The molecule has 0 unspecified atom stereocenters. The lowest BCUT2D eigenvalue weighted by Crippen LogP contribution is -2.04. The average Bonchev–Trinajstić information content (AvgIpc) is 1.90. The fourth-order valence-corrected chi connectivity index (χ4v) is 0.463. The second-order valence-corrected chi connectivity index (χ2v) is 1.39. The first kappa shape index (κ1) is 5.04. The van der Waals surface area contributed by atoms with Gasteiger partial charge in [0.25, 0.3) is 0 Å². The summed E-state index contributed by atoms with van der Waals surface area (Å²) in [5.41, 5.74) is 2.56. The van der Waals surface area contributed by atoms with Crippen molar-refractivity contribution in [2.45, 2.75) is 0 Å². The van der Waals surface area contributed by atoms with Gasteiger partial charge in [0.2, 0.25) is 5.70 Å². The molecule has 0 aliphatic heterocycles. The maximum Gasteiger partial charge on any atom is 0.226 e. The first-order chi connectivity index (χ1) is 3.93. The molecule has 1 aliphatic rings. The van der Waals surface area contributed by atoms with E-state index in [9.17, 15) is 0 Å². The molecule has 0 saturated heterocycles. The molecule has 0 heterocycles. The van der Waals surface area contributed by atoms with Gasteiger partial charge in [0.15, 0.2) is 0 Å². The maximum atomic E-state index is 8.26. The zero-order chi connectivity index (χ0) is 5.82. The highest BCUT2D eigenvalue weighted by Gasteiger charge is 1.97. The van der Waals surface area contributed by atoms with Crippen LogP contribution in [0.1, 0.15) is 0 Å². The lowest BCUT2D eigenvalue weighted by molar-refractivity contribution is 0.204. The van der Waals surface area contributed by atoms with E-state index in [1.165, 1.54) is 0 Å². The normalized spacial score (nSPS) is 14.9. The van der Waals surface area contributed by atoms with Crippen LogP contribution in [0.25, 0.3) is 0 Å². The molecule has 0 amide bonds. The Balaban J connectivity index is 2.68. The lowest BCUT2D eigenvalue weighted by Gasteiger charge is -1.87. The molecule has 0 fully saturated rings. The lowest BCUT2D eigenvalue weighted by atomic mass is 10.2. The predicted molar refractivity (Wildman–Crippen MR) is 30.0 cm³/mol. The van der Waals surface area contributed by atoms with Crippen molar-refractivity contribution in [3.63, 3.8) is 0 Å². The third kappa shape index (κ3) is 0.936. The summed E-state index contributed by atoms with van der Waals surface area (Å²) in [6.07, 6.45) is 9.85. The van der Waals surface area contributed by atoms with E-state index in [1.807, 2.05) is 17.6 Å². The van der Waals surface area contributed by atoms with E-state index in [1.54, 1.807) is 12.2 Å². The molecule has 1 aliphatic carbocycles. The van der Waals surface area contributed by atoms with Crippen molar-refractivity contribution in [3.05, 3.63) is 36.1 Å². The van der Waals surface area contributed by atoms with E-state index in [0.29, 0.717) is 5.70 Å². The molecule has 0 bridgehead atoms. The first-order valence-corrected chi connectivity index (χ1v) is 2.30. The Hall–Kier alpha value is -1.11. The zero-order valence-electron chi connectivity index (χ0n) is 4.26. The molecule has 0 spiro atoms. The molecule has 1 rings (SSSR count). The summed E-state index contributed by atoms with van der Waals surface area (Å²) >= 11 is 0. The van der Waals surface area contributed by atoms with Gasteiger partial charge in [-0.25, -0.2) is 5.48 Å². The van der Waals surface area contributed by atoms with Gasteiger partial charge < -0.3 is 0 Å². The van der Waals surface area contributed by atoms with Gasteiger partial charge >= 0.3 is 0 Å². The van der Waals surface area contributed by atoms with E-state index >= 15 is 0 Å². The molecule has 0 saturated carbocycles. The Morgan fingerprint density at radius 2 is 2.38 bits per heavy atom. The number of allylic oxidation sites excluding steroid dienone is 5. The molecule has 0 atom stereocenters. The van der Waals surface area contributed by atoms with Crippen molar-refractivity contribution >= 4 is 0 Å².